The van der Waals surface area contributed by atoms with E-state index in [-0.39, 0.29) is 22.5 Å². The van der Waals surface area contributed by atoms with Crippen LogP contribution in [0.15, 0.2) is 71.7 Å². The van der Waals surface area contributed by atoms with Crippen molar-refractivity contribution in [2.24, 2.45) is 12.8 Å². The van der Waals surface area contributed by atoms with E-state index in [0.29, 0.717) is 5.69 Å². The fourth-order valence-electron chi connectivity index (χ4n) is 4.16. The molecule has 0 aliphatic carbocycles. The van der Waals surface area contributed by atoms with Crippen LogP contribution in [0.2, 0.25) is 0 Å². The van der Waals surface area contributed by atoms with Crippen LogP contribution in [0.3, 0.4) is 0 Å². The van der Waals surface area contributed by atoms with E-state index < -0.39 is 29.1 Å². The zero-order chi connectivity index (χ0) is 25.5. The van der Waals surface area contributed by atoms with Crippen LogP contribution in [-0.2, 0) is 13.2 Å². The summed E-state index contributed by atoms with van der Waals surface area (Å²) in [7, 11) is 1.77. The van der Waals surface area contributed by atoms with E-state index in [4.69, 9.17) is 11.5 Å². The number of nitrogen functional groups attached to an aromatic ring is 1. The molecule has 0 bridgehead atoms. The molecular weight excluding hydrogens is 459 g/mol. The number of halogens is 3. The summed E-state index contributed by atoms with van der Waals surface area (Å²) >= 11 is 0. The van der Waals surface area contributed by atoms with Crippen LogP contribution in [0.1, 0.15) is 40.0 Å². The van der Waals surface area contributed by atoms with E-state index in [1.165, 1.54) is 22.8 Å². The predicted octanol–water partition coefficient (Wildman–Crippen LogP) is 4.09. The third kappa shape index (κ3) is 4.54. The number of nitrogens with two attached hydrogens (primary N) is 2. The largest absolute Gasteiger partial charge is 0.416 e. The number of pyridine rings is 1. The second-order valence-electron chi connectivity index (χ2n) is 8.17. The quantitative estimate of drug-likeness (QED) is 0.419. The molecule has 35 heavy (non-hydrogen) atoms. The Balaban J connectivity index is 1.97. The molecule has 4 N–H and O–H groups in total. The Morgan fingerprint density at radius 2 is 1.80 bits per heavy atom. The molecule has 0 unspecified atom stereocenters. The fraction of sp³-hybridized carbons (Fsp3) is 0.160. The van der Waals surface area contributed by atoms with E-state index >= 15 is 0 Å². The summed E-state index contributed by atoms with van der Waals surface area (Å²) in [5.74, 6) is -1.65. The zero-order valence-electron chi connectivity index (χ0n) is 18.9. The lowest BCUT2D eigenvalue weighted by atomic mass is 9.91. The first-order valence-corrected chi connectivity index (χ1v) is 10.6. The Labute approximate surface area is 198 Å². The summed E-state index contributed by atoms with van der Waals surface area (Å²) in [6.07, 6.45) is -2.99. The Kier molecular flexibility index (Phi) is 5.98. The van der Waals surface area contributed by atoms with Crippen LogP contribution in [0.4, 0.5) is 18.9 Å². The van der Waals surface area contributed by atoms with Crippen molar-refractivity contribution < 1.29 is 18.0 Å². The molecule has 180 valence electrons. The molecule has 4 aromatic rings. The number of carbonyl (C=O) groups is 1. The number of aromatic nitrogens is 3. The molecule has 2 aromatic heterocycles. The number of alkyl halides is 3. The Morgan fingerprint density at radius 1 is 1.06 bits per heavy atom. The van der Waals surface area contributed by atoms with Crippen molar-refractivity contribution in [1.29, 1.82) is 0 Å². The molecule has 0 aliphatic heterocycles. The van der Waals surface area contributed by atoms with Gasteiger partial charge in [0.15, 0.2) is 0 Å². The van der Waals surface area contributed by atoms with Gasteiger partial charge < -0.3 is 11.5 Å². The van der Waals surface area contributed by atoms with Gasteiger partial charge in [0.05, 0.1) is 16.8 Å². The van der Waals surface area contributed by atoms with Crippen LogP contribution >= 0.6 is 0 Å². The topological polar surface area (TPSA) is 109 Å². The monoisotopic (exact) mass is 481 g/mol. The predicted molar refractivity (Wildman–Crippen MR) is 126 cm³/mol. The van der Waals surface area contributed by atoms with Gasteiger partial charge >= 0.3 is 6.18 Å². The van der Waals surface area contributed by atoms with Crippen molar-refractivity contribution in [3.63, 3.8) is 0 Å². The van der Waals surface area contributed by atoms with E-state index in [1.54, 1.807) is 49.1 Å². The van der Waals surface area contributed by atoms with Gasteiger partial charge in [0.25, 0.3) is 11.5 Å². The van der Waals surface area contributed by atoms with Gasteiger partial charge in [-0.15, -0.1) is 0 Å². The molecule has 7 nitrogen and oxygen atoms in total. The summed E-state index contributed by atoms with van der Waals surface area (Å²) in [5, 5.41) is 4.16. The van der Waals surface area contributed by atoms with Gasteiger partial charge in [-0.3, -0.25) is 18.8 Å². The maximum atomic E-state index is 13.4. The molecule has 4 rings (SSSR count). The first-order valence-electron chi connectivity index (χ1n) is 10.6. The van der Waals surface area contributed by atoms with Crippen LogP contribution in [0.25, 0.3) is 16.9 Å². The van der Waals surface area contributed by atoms with E-state index in [2.05, 4.69) is 5.10 Å². The summed E-state index contributed by atoms with van der Waals surface area (Å²) in [6.45, 7) is 1.59. The Morgan fingerprint density at radius 3 is 2.43 bits per heavy atom. The van der Waals surface area contributed by atoms with Crippen molar-refractivity contribution >= 4 is 11.6 Å². The number of primary amides is 1. The average Bonchev–Trinajstić information content (AvgIpc) is 3.23. The Bertz CT molecular complexity index is 1490. The zero-order valence-corrected chi connectivity index (χ0v) is 18.9. The summed E-state index contributed by atoms with van der Waals surface area (Å²) in [4.78, 5) is 25.4. The minimum atomic E-state index is -4.62. The second kappa shape index (κ2) is 8.79. The van der Waals surface area contributed by atoms with Crippen molar-refractivity contribution in [2.75, 3.05) is 5.73 Å². The lowest BCUT2D eigenvalue weighted by Crippen LogP contribution is -2.28. The van der Waals surface area contributed by atoms with Gasteiger partial charge in [0.2, 0.25) is 0 Å². The summed E-state index contributed by atoms with van der Waals surface area (Å²) in [6, 6.07) is 14.4. The average molecular weight is 481 g/mol. The molecular formula is C25H22F3N5O2. The second-order valence-corrected chi connectivity index (χ2v) is 8.17. The molecule has 1 atom stereocenters. The van der Waals surface area contributed by atoms with Crippen LogP contribution in [0.5, 0.6) is 0 Å². The first-order chi connectivity index (χ1) is 16.5. The minimum absolute atomic E-state index is 0.0130. The number of anilines is 1. The molecule has 0 saturated carbocycles. The third-order valence-corrected chi connectivity index (χ3v) is 5.83. The number of benzene rings is 2. The van der Waals surface area contributed by atoms with Crippen molar-refractivity contribution in [2.45, 2.75) is 19.0 Å². The van der Waals surface area contributed by atoms with E-state index in [9.17, 15) is 22.8 Å². The number of carbonyl (C=O) groups excluding carboxylic acids is 1. The van der Waals surface area contributed by atoms with Crippen molar-refractivity contribution in [3.05, 3.63) is 99.6 Å². The smallest absolute Gasteiger partial charge is 0.399 e. The number of hydrogen-bond acceptors (Lipinski definition) is 4. The molecule has 1 amide bonds. The molecule has 10 heteroatoms. The molecule has 0 fully saturated rings. The van der Waals surface area contributed by atoms with Gasteiger partial charge in [-0.25, -0.2) is 0 Å². The van der Waals surface area contributed by atoms with Gasteiger partial charge in [0, 0.05) is 47.9 Å². The highest BCUT2D eigenvalue weighted by molar-refractivity contribution is 5.94. The molecule has 0 radical (unpaired) electrons. The van der Waals surface area contributed by atoms with E-state index in [0.717, 1.165) is 23.4 Å². The Hall–Kier alpha value is -4.34. The highest BCUT2D eigenvalue weighted by Gasteiger charge is 2.32. The summed E-state index contributed by atoms with van der Waals surface area (Å²) in [5.41, 5.74) is 12.2. The lowest BCUT2D eigenvalue weighted by molar-refractivity contribution is -0.137. The fourth-order valence-corrected chi connectivity index (χ4v) is 4.16. The minimum Gasteiger partial charge on any atom is -0.399 e. The number of amides is 1. The number of nitrogens with zero attached hydrogens (tertiary/aromatic N) is 3. The van der Waals surface area contributed by atoms with Crippen LogP contribution in [0, 0.1) is 0 Å². The maximum Gasteiger partial charge on any atom is 0.416 e. The van der Waals surface area contributed by atoms with Crippen molar-refractivity contribution in [1.82, 2.24) is 14.3 Å². The maximum absolute atomic E-state index is 13.4. The third-order valence-electron chi connectivity index (χ3n) is 5.83. The van der Waals surface area contributed by atoms with E-state index in [1.807, 2.05) is 6.07 Å². The van der Waals surface area contributed by atoms with Gasteiger partial charge in [-0.05, 0) is 48.0 Å². The highest BCUT2D eigenvalue weighted by Crippen LogP contribution is 2.36. The number of hydrogen-bond donors (Lipinski definition) is 2. The molecule has 2 aromatic carbocycles. The first kappa shape index (κ1) is 23.8. The van der Waals surface area contributed by atoms with Crippen molar-refractivity contribution in [3.8, 4) is 16.9 Å². The molecule has 0 saturated heterocycles. The molecule has 2 heterocycles. The SMILES string of the molecule is C[C@H](c1cc(N)cc(C(F)(F)F)c1)c1c(C(N)=O)ccc(=O)n1-c1cccc(-c2ccnn2C)c1. The van der Waals surface area contributed by atoms with Crippen LogP contribution < -0.4 is 17.0 Å². The van der Waals surface area contributed by atoms with Gasteiger partial charge in [-0.1, -0.05) is 19.1 Å². The highest BCUT2D eigenvalue weighted by atomic mass is 19.4. The van der Waals surface area contributed by atoms with Crippen LogP contribution in [-0.4, -0.2) is 20.3 Å². The lowest BCUT2D eigenvalue weighted by Gasteiger charge is -2.23. The number of aryl methyl sites for hydroxylation is 1. The molecule has 0 spiro atoms. The summed E-state index contributed by atoms with van der Waals surface area (Å²) < 4.78 is 43.3. The van der Waals surface area contributed by atoms with Gasteiger partial charge in [0.1, 0.15) is 0 Å². The normalized spacial score (nSPS) is 12.5. The molecule has 0 aliphatic rings. The number of rotatable bonds is 5. The van der Waals surface area contributed by atoms with Gasteiger partial charge in [-0.2, -0.15) is 18.3 Å². The standard InChI is InChI=1S/C25H22F3N5O2/c1-14(16-10-17(25(26,27)28)13-18(29)11-16)23-20(24(30)35)6-7-22(34)33(23)19-5-3-4-15(12-19)21-8-9-31-32(21)2/h3-14H,29H2,1-2H3,(H2,30,35)/t14-/m1/s1.